The largest absolute Gasteiger partial charge is 0.483 e. The smallest absolute Gasteiger partial charge is 0.260 e. The summed E-state index contributed by atoms with van der Waals surface area (Å²) >= 11 is 0. The van der Waals surface area contributed by atoms with Crippen molar-refractivity contribution in [3.05, 3.63) is 29.8 Å². The molecule has 4 heteroatoms. The zero-order valence-electron chi connectivity index (χ0n) is 14.0. The summed E-state index contributed by atoms with van der Waals surface area (Å²) in [6, 6.07) is 8.10. The normalized spacial score (nSPS) is 23.2. The third-order valence-electron chi connectivity index (χ3n) is 4.34. The molecule has 0 N–H and O–H groups in total. The first-order valence-corrected chi connectivity index (χ1v) is 8.15. The van der Waals surface area contributed by atoms with E-state index in [1.807, 2.05) is 36.9 Å². The predicted octanol–water partition coefficient (Wildman–Crippen LogP) is 3.21. The van der Waals surface area contributed by atoms with Crippen LogP contribution >= 0.6 is 0 Å². The first-order chi connectivity index (χ1) is 10.5. The Morgan fingerprint density at radius 2 is 2.14 bits per heavy atom. The van der Waals surface area contributed by atoms with Crippen molar-refractivity contribution < 1.29 is 14.3 Å². The van der Waals surface area contributed by atoms with Crippen LogP contribution in [0.15, 0.2) is 24.3 Å². The molecule has 2 rings (SSSR count). The number of amides is 1. The van der Waals surface area contributed by atoms with Crippen LogP contribution in [0.5, 0.6) is 5.75 Å². The summed E-state index contributed by atoms with van der Waals surface area (Å²) in [7, 11) is 0. The van der Waals surface area contributed by atoms with E-state index in [0.717, 1.165) is 12.2 Å². The number of nitrogens with zero attached hydrogens (tertiary/aromatic N) is 1. The van der Waals surface area contributed by atoms with Gasteiger partial charge < -0.3 is 14.4 Å². The number of morpholine rings is 1. The SMILES string of the molecule is CCC(C)c1ccccc1OCC(=O)N1CC(C)OCC1C. The minimum absolute atomic E-state index is 0.0293. The van der Waals surface area contributed by atoms with E-state index in [1.165, 1.54) is 5.56 Å². The Bertz CT molecular complexity index is 503. The van der Waals surface area contributed by atoms with Crippen molar-refractivity contribution in [2.45, 2.75) is 52.2 Å². The van der Waals surface area contributed by atoms with Gasteiger partial charge in [-0.1, -0.05) is 32.0 Å². The summed E-state index contributed by atoms with van der Waals surface area (Å²) < 4.78 is 11.4. The molecule has 4 nitrogen and oxygen atoms in total. The summed E-state index contributed by atoms with van der Waals surface area (Å²) in [5.41, 5.74) is 1.17. The molecule has 1 aliphatic rings. The Kier molecular flexibility index (Phi) is 5.83. The van der Waals surface area contributed by atoms with E-state index in [4.69, 9.17) is 9.47 Å². The second-order valence-electron chi connectivity index (χ2n) is 6.17. The van der Waals surface area contributed by atoms with Crippen molar-refractivity contribution in [3.8, 4) is 5.75 Å². The fraction of sp³-hybridized carbons (Fsp3) is 0.611. The van der Waals surface area contributed by atoms with Crippen molar-refractivity contribution in [2.24, 2.45) is 0 Å². The number of para-hydroxylation sites is 1. The van der Waals surface area contributed by atoms with Gasteiger partial charge in [0.25, 0.3) is 5.91 Å². The van der Waals surface area contributed by atoms with E-state index in [-0.39, 0.29) is 24.7 Å². The molecule has 1 fully saturated rings. The van der Waals surface area contributed by atoms with Gasteiger partial charge in [0.2, 0.25) is 0 Å². The molecule has 1 amide bonds. The van der Waals surface area contributed by atoms with E-state index in [1.54, 1.807) is 0 Å². The van der Waals surface area contributed by atoms with E-state index < -0.39 is 0 Å². The maximum absolute atomic E-state index is 12.4. The highest BCUT2D eigenvalue weighted by molar-refractivity contribution is 5.78. The van der Waals surface area contributed by atoms with Gasteiger partial charge in [0.15, 0.2) is 6.61 Å². The Balaban J connectivity index is 1.99. The third kappa shape index (κ3) is 4.01. The Morgan fingerprint density at radius 3 is 2.86 bits per heavy atom. The number of rotatable bonds is 5. The minimum atomic E-state index is 0.0293. The molecule has 0 bridgehead atoms. The van der Waals surface area contributed by atoms with E-state index in [2.05, 4.69) is 19.9 Å². The second kappa shape index (κ2) is 7.63. The first-order valence-electron chi connectivity index (χ1n) is 8.15. The van der Waals surface area contributed by atoms with Crippen molar-refractivity contribution in [1.29, 1.82) is 0 Å². The first kappa shape index (κ1) is 16.8. The van der Waals surface area contributed by atoms with Gasteiger partial charge in [-0.3, -0.25) is 4.79 Å². The summed E-state index contributed by atoms with van der Waals surface area (Å²) in [4.78, 5) is 14.3. The summed E-state index contributed by atoms with van der Waals surface area (Å²) in [5.74, 6) is 1.27. The van der Waals surface area contributed by atoms with Crippen LogP contribution in [0.4, 0.5) is 0 Å². The minimum Gasteiger partial charge on any atom is -0.483 e. The van der Waals surface area contributed by atoms with E-state index >= 15 is 0 Å². The molecular formula is C18H27NO3. The molecule has 0 radical (unpaired) electrons. The molecule has 0 spiro atoms. The quantitative estimate of drug-likeness (QED) is 0.838. The van der Waals surface area contributed by atoms with E-state index in [0.29, 0.717) is 19.1 Å². The molecule has 0 saturated carbocycles. The molecule has 1 saturated heterocycles. The molecule has 3 unspecified atom stereocenters. The molecule has 0 aliphatic carbocycles. The van der Waals surface area contributed by atoms with Gasteiger partial charge >= 0.3 is 0 Å². The van der Waals surface area contributed by atoms with Gasteiger partial charge in [-0.05, 0) is 37.8 Å². The molecule has 1 aromatic rings. The van der Waals surface area contributed by atoms with Crippen molar-refractivity contribution >= 4 is 5.91 Å². The molecule has 1 heterocycles. The van der Waals surface area contributed by atoms with Gasteiger partial charge in [0.05, 0.1) is 18.8 Å². The highest BCUT2D eigenvalue weighted by atomic mass is 16.5. The van der Waals surface area contributed by atoms with Crippen molar-refractivity contribution in [2.75, 3.05) is 19.8 Å². The molecule has 3 atom stereocenters. The van der Waals surface area contributed by atoms with Crippen LogP contribution in [0.1, 0.15) is 45.6 Å². The van der Waals surface area contributed by atoms with Gasteiger partial charge in [0, 0.05) is 6.54 Å². The lowest BCUT2D eigenvalue weighted by atomic mass is 9.98. The molecule has 22 heavy (non-hydrogen) atoms. The fourth-order valence-electron chi connectivity index (χ4n) is 2.71. The molecule has 1 aromatic carbocycles. The van der Waals surface area contributed by atoms with Gasteiger partial charge in [-0.15, -0.1) is 0 Å². The maximum Gasteiger partial charge on any atom is 0.260 e. The number of benzene rings is 1. The van der Waals surface area contributed by atoms with Crippen LogP contribution in [0.3, 0.4) is 0 Å². The molecule has 1 aliphatic heterocycles. The average molecular weight is 305 g/mol. The Morgan fingerprint density at radius 1 is 1.41 bits per heavy atom. The van der Waals surface area contributed by atoms with Crippen LogP contribution < -0.4 is 4.74 Å². The summed E-state index contributed by atoms with van der Waals surface area (Å²) in [6.07, 6.45) is 1.14. The fourth-order valence-corrected chi connectivity index (χ4v) is 2.71. The van der Waals surface area contributed by atoms with E-state index in [9.17, 15) is 4.79 Å². The zero-order valence-corrected chi connectivity index (χ0v) is 14.0. The highest BCUT2D eigenvalue weighted by Crippen LogP contribution is 2.28. The lowest BCUT2D eigenvalue weighted by Gasteiger charge is -2.36. The third-order valence-corrected chi connectivity index (χ3v) is 4.34. The average Bonchev–Trinajstić information content (AvgIpc) is 2.54. The van der Waals surface area contributed by atoms with Gasteiger partial charge in [-0.25, -0.2) is 0 Å². The topological polar surface area (TPSA) is 38.8 Å². The molecule has 0 aromatic heterocycles. The lowest BCUT2D eigenvalue weighted by molar-refractivity contribution is -0.145. The van der Waals surface area contributed by atoms with Crippen molar-refractivity contribution in [3.63, 3.8) is 0 Å². The van der Waals surface area contributed by atoms with Gasteiger partial charge in [0.1, 0.15) is 5.75 Å². The van der Waals surface area contributed by atoms with Crippen LogP contribution in [-0.2, 0) is 9.53 Å². The standard InChI is InChI=1S/C18H27NO3/c1-5-13(2)16-8-6-7-9-17(16)22-12-18(20)19-10-15(4)21-11-14(19)3/h6-9,13-15H,5,10-12H2,1-4H3. The van der Waals surface area contributed by atoms with Crippen LogP contribution in [0, 0.1) is 0 Å². The number of carbonyl (C=O) groups excluding carboxylic acids is 1. The predicted molar refractivity (Wildman–Crippen MR) is 87.2 cm³/mol. The highest BCUT2D eigenvalue weighted by Gasteiger charge is 2.27. The molecular weight excluding hydrogens is 278 g/mol. The number of ether oxygens (including phenoxy) is 2. The number of hydrogen-bond donors (Lipinski definition) is 0. The monoisotopic (exact) mass is 305 g/mol. The lowest BCUT2D eigenvalue weighted by Crippen LogP contribution is -2.51. The zero-order chi connectivity index (χ0) is 16.1. The number of carbonyl (C=O) groups is 1. The number of hydrogen-bond acceptors (Lipinski definition) is 3. The molecule has 122 valence electrons. The van der Waals surface area contributed by atoms with Gasteiger partial charge in [-0.2, -0.15) is 0 Å². The van der Waals surface area contributed by atoms with Crippen LogP contribution in [0.2, 0.25) is 0 Å². The summed E-state index contributed by atoms with van der Waals surface area (Å²) in [6.45, 7) is 9.65. The van der Waals surface area contributed by atoms with Crippen LogP contribution in [-0.4, -0.2) is 42.7 Å². The Hall–Kier alpha value is -1.55. The maximum atomic E-state index is 12.4. The van der Waals surface area contributed by atoms with Crippen LogP contribution in [0.25, 0.3) is 0 Å². The second-order valence-corrected chi connectivity index (χ2v) is 6.17. The summed E-state index contributed by atoms with van der Waals surface area (Å²) in [5, 5.41) is 0. The van der Waals surface area contributed by atoms with Crippen molar-refractivity contribution in [1.82, 2.24) is 4.90 Å². The Labute approximate surface area is 133 Å².